The Labute approximate surface area is 122 Å². The maximum Gasteiger partial charge on any atom is 0.321 e. The Bertz CT molecular complexity index is 573. The summed E-state index contributed by atoms with van der Waals surface area (Å²) >= 11 is 1.67. The Morgan fingerprint density at radius 2 is 2.30 bits per heavy atom. The van der Waals surface area contributed by atoms with Crippen LogP contribution in [0.4, 0.5) is 0 Å². The Balaban J connectivity index is 1.84. The number of esters is 1. The molecule has 2 aromatic heterocycles. The van der Waals surface area contributed by atoms with E-state index in [2.05, 4.69) is 5.10 Å². The van der Waals surface area contributed by atoms with Crippen molar-refractivity contribution in [1.82, 2.24) is 14.7 Å². The molecule has 106 valence electrons. The molecule has 0 amide bonds. The summed E-state index contributed by atoms with van der Waals surface area (Å²) in [4.78, 5) is 14.3. The van der Waals surface area contributed by atoms with Gasteiger partial charge in [0.15, 0.2) is 6.73 Å². The highest BCUT2D eigenvalue weighted by molar-refractivity contribution is 7.10. The van der Waals surface area contributed by atoms with Crippen LogP contribution in [0.2, 0.25) is 0 Å². The molecular formula is C14H17N3O2S. The van der Waals surface area contributed by atoms with E-state index in [0.717, 1.165) is 5.69 Å². The van der Waals surface area contributed by atoms with E-state index in [1.807, 2.05) is 49.8 Å². The van der Waals surface area contributed by atoms with Crippen molar-refractivity contribution in [3.63, 3.8) is 0 Å². The van der Waals surface area contributed by atoms with Gasteiger partial charge in [-0.1, -0.05) is 6.07 Å². The van der Waals surface area contributed by atoms with Crippen LogP contribution in [0, 0.1) is 0 Å². The van der Waals surface area contributed by atoms with Crippen molar-refractivity contribution in [1.29, 1.82) is 0 Å². The molecule has 0 aliphatic heterocycles. The number of nitrogens with zero attached hydrogens (tertiary/aromatic N) is 3. The monoisotopic (exact) mass is 291 g/mol. The first-order chi connectivity index (χ1) is 9.63. The first kappa shape index (κ1) is 14.5. The molecule has 0 atom stereocenters. The third kappa shape index (κ3) is 4.64. The number of hydrogen-bond donors (Lipinski definition) is 0. The Morgan fingerprint density at radius 1 is 1.45 bits per heavy atom. The van der Waals surface area contributed by atoms with Gasteiger partial charge in [0.1, 0.15) is 0 Å². The largest absolute Gasteiger partial charge is 0.441 e. The van der Waals surface area contributed by atoms with Crippen LogP contribution in [-0.4, -0.2) is 41.3 Å². The molecule has 0 saturated heterocycles. The minimum absolute atomic E-state index is 0.138. The summed E-state index contributed by atoms with van der Waals surface area (Å²) in [7, 11) is 3.64. The van der Waals surface area contributed by atoms with Gasteiger partial charge in [-0.3, -0.25) is 9.69 Å². The fraction of sp³-hybridized carbons (Fsp3) is 0.286. The van der Waals surface area contributed by atoms with Gasteiger partial charge in [-0.2, -0.15) is 5.10 Å². The van der Waals surface area contributed by atoms with Gasteiger partial charge in [-0.25, -0.2) is 4.68 Å². The molecule has 0 aliphatic rings. The van der Waals surface area contributed by atoms with E-state index in [9.17, 15) is 4.79 Å². The van der Waals surface area contributed by atoms with Gasteiger partial charge >= 0.3 is 5.97 Å². The summed E-state index contributed by atoms with van der Waals surface area (Å²) in [6, 6.07) is 5.93. The second kappa shape index (κ2) is 7.02. The van der Waals surface area contributed by atoms with Crippen molar-refractivity contribution in [2.24, 2.45) is 0 Å². The number of aromatic nitrogens is 2. The molecular weight excluding hydrogens is 274 g/mol. The van der Waals surface area contributed by atoms with E-state index in [1.165, 1.54) is 4.88 Å². The lowest BCUT2D eigenvalue weighted by atomic mass is 10.3. The van der Waals surface area contributed by atoms with E-state index in [-0.39, 0.29) is 19.2 Å². The number of likely N-dealkylation sites (N-methyl/N-ethyl adjacent to an activating group) is 1. The second-order valence-electron chi connectivity index (χ2n) is 4.51. The molecule has 0 saturated carbocycles. The van der Waals surface area contributed by atoms with Crippen LogP contribution in [0.1, 0.15) is 10.6 Å². The minimum atomic E-state index is -0.263. The van der Waals surface area contributed by atoms with Crippen molar-refractivity contribution in [2.75, 3.05) is 20.6 Å². The number of rotatable bonds is 6. The average Bonchev–Trinajstić information content (AvgIpc) is 3.05. The predicted octanol–water partition coefficient (Wildman–Crippen LogP) is 2.18. The number of carbonyl (C=O) groups excluding carboxylic acids is 1. The van der Waals surface area contributed by atoms with E-state index < -0.39 is 0 Å². The Kier molecular flexibility index (Phi) is 5.09. The summed E-state index contributed by atoms with van der Waals surface area (Å²) in [6.07, 6.45) is 5.73. The number of hydrogen-bond acceptors (Lipinski definition) is 5. The van der Waals surface area contributed by atoms with Gasteiger partial charge < -0.3 is 4.74 Å². The number of thiophene rings is 1. The predicted molar refractivity (Wildman–Crippen MR) is 80.1 cm³/mol. The second-order valence-corrected chi connectivity index (χ2v) is 5.49. The van der Waals surface area contributed by atoms with Gasteiger partial charge in [0, 0.05) is 11.1 Å². The Hall–Kier alpha value is -1.92. The molecule has 5 nitrogen and oxygen atoms in total. The SMILES string of the molecule is CN(C)CC(=O)OCn1ccc(/C=C/c2cccs2)n1. The van der Waals surface area contributed by atoms with E-state index in [0.29, 0.717) is 0 Å². The average molecular weight is 291 g/mol. The maximum atomic E-state index is 11.4. The van der Waals surface area contributed by atoms with E-state index in [4.69, 9.17) is 4.74 Å². The molecule has 0 aliphatic carbocycles. The normalized spacial score (nSPS) is 11.3. The number of carbonyl (C=O) groups is 1. The molecule has 20 heavy (non-hydrogen) atoms. The summed E-state index contributed by atoms with van der Waals surface area (Å²) in [5.74, 6) is -0.263. The summed E-state index contributed by atoms with van der Waals surface area (Å²) in [5, 5.41) is 6.33. The van der Waals surface area contributed by atoms with Crippen molar-refractivity contribution in [3.8, 4) is 0 Å². The van der Waals surface area contributed by atoms with Crippen molar-refractivity contribution < 1.29 is 9.53 Å². The smallest absolute Gasteiger partial charge is 0.321 e. The molecule has 0 N–H and O–H groups in total. The van der Waals surface area contributed by atoms with Crippen molar-refractivity contribution in [3.05, 3.63) is 40.3 Å². The molecule has 2 aromatic rings. The first-order valence-electron chi connectivity index (χ1n) is 6.19. The lowest BCUT2D eigenvalue weighted by Crippen LogP contribution is -2.24. The van der Waals surface area contributed by atoms with E-state index in [1.54, 1.807) is 27.1 Å². The van der Waals surface area contributed by atoms with Crippen LogP contribution in [0.5, 0.6) is 0 Å². The molecule has 0 radical (unpaired) electrons. The highest BCUT2D eigenvalue weighted by atomic mass is 32.1. The van der Waals surface area contributed by atoms with Crippen LogP contribution in [0.15, 0.2) is 29.8 Å². The highest BCUT2D eigenvalue weighted by Gasteiger charge is 2.04. The first-order valence-corrected chi connectivity index (χ1v) is 7.07. The zero-order valence-electron chi connectivity index (χ0n) is 11.5. The fourth-order valence-corrected chi connectivity index (χ4v) is 2.15. The highest BCUT2D eigenvalue weighted by Crippen LogP contribution is 2.12. The van der Waals surface area contributed by atoms with Gasteiger partial charge in [-0.05, 0) is 43.8 Å². The molecule has 6 heteroatoms. The quantitative estimate of drug-likeness (QED) is 0.765. The summed E-state index contributed by atoms with van der Waals surface area (Å²) < 4.78 is 6.70. The zero-order valence-corrected chi connectivity index (χ0v) is 12.3. The van der Waals surface area contributed by atoms with Crippen LogP contribution < -0.4 is 0 Å². The van der Waals surface area contributed by atoms with Crippen LogP contribution in [-0.2, 0) is 16.3 Å². The third-order valence-electron chi connectivity index (χ3n) is 2.43. The van der Waals surface area contributed by atoms with Crippen LogP contribution in [0.3, 0.4) is 0 Å². The minimum Gasteiger partial charge on any atom is -0.441 e. The van der Waals surface area contributed by atoms with E-state index >= 15 is 0 Å². The summed E-state index contributed by atoms with van der Waals surface area (Å²) in [5.41, 5.74) is 0.835. The molecule has 0 fully saturated rings. The van der Waals surface area contributed by atoms with Gasteiger partial charge in [0.2, 0.25) is 0 Å². The van der Waals surface area contributed by atoms with Crippen LogP contribution in [0.25, 0.3) is 12.2 Å². The number of ether oxygens (including phenoxy) is 1. The van der Waals surface area contributed by atoms with Gasteiger partial charge in [-0.15, -0.1) is 11.3 Å². The molecule has 0 bridgehead atoms. The standard InChI is InChI=1S/C14H17N3O2S/c1-16(2)10-14(18)19-11-17-8-7-12(15-17)5-6-13-4-3-9-20-13/h3-9H,10-11H2,1-2H3/b6-5+. The fourth-order valence-electron chi connectivity index (χ4n) is 1.53. The van der Waals surface area contributed by atoms with Gasteiger partial charge in [0.05, 0.1) is 12.2 Å². The molecule has 2 heterocycles. The topological polar surface area (TPSA) is 47.4 Å². The lowest BCUT2D eigenvalue weighted by Gasteiger charge is -2.09. The molecule has 0 aromatic carbocycles. The maximum absolute atomic E-state index is 11.4. The lowest BCUT2D eigenvalue weighted by molar-refractivity contribution is -0.148. The summed E-state index contributed by atoms with van der Waals surface area (Å²) in [6.45, 7) is 0.409. The Morgan fingerprint density at radius 3 is 3.00 bits per heavy atom. The van der Waals surface area contributed by atoms with Gasteiger partial charge in [0.25, 0.3) is 0 Å². The van der Waals surface area contributed by atoms with Crippen molar-refractivity contribution in [2.45, 2.75) is 6.73 Å². The molecule has 2 rings (SSSR count). The van der Waals surface area contributed by atoms with Crippen molar-refractivity contribution >= 4 is 29.5 Å². The molecule has 0 spiro atoms. The third-order valence-corrected chi connectivity index (χ3v) is 3.26. The molecule has 0 unspecified atom stereocenters. The van der Waals surface area contributed by atoms with Crippen LogP contribution >= 0.6 is 11.3 Å². The zero-order chi connectivity index (χ0) is 14.4.